The molecule has 0 saturated carbocycles. The number of nitrogens with zero attached hydrogens (tertiary/aromatic N) is 3. The van der Waals surface area contributed by atoms with Crippen LogP contribution in [0.5, 0.6) is 0 Å². The van der Waals surface area contributed by atoms with Gasteiger partial charge in [-0.05, 0) is 44.4 Å². The number of carbonyl (C=O) groups excluding carboxylic acids is 1. The van der Waals surface area contributed by atoms with Crippen LogP contribution in [-0.4, -0.2) is 42.5 Å². The molecule has 0 aliphatic rings. The molecular formula is C19H28N4O3S. The van der Waals surface area contributed by atoms with E-state index >= 15 is 0 Å². The van der Waals surface area contributed by atoms with Crippen molar-refractivity contribution in [3.8, 4) is 0 Å². The van der Waals surface area contributed by atoms with Gasteiger partial charge in [0.15, 0.2) is 0 Å². The number of hydrogen-bond acceptors (Lipinski definition) is 4. The third-order valence-electron chi connectivity index (χ3n) is 4.40. The predicted molar refractivity (Wildman–Crippen MR) is 106 cm³/mol. The summed E-state index contributed by atoms with van der Waals surface area (Å²) in [6, 6.07) is 7.78. The number of sulfonamides is 1. The molecule has 1 amide bonds. The lowest BCUT2D eigenvalue weighted by molar-refractivity contribution is -0.116. The van der Waals surface area contributed by atoms with Gasteiger partial charge >= 0.3 is 0 Å². The maximum atomic E-state index is 12.4. The summed E-state index contributed by atoms with van der Waals surface area (Å²) in [4.78, 5) is 12.5. The van der Waals surface area contributed by atoms with Gasteiger partial charge in [0.25, 0.3) is 0 Å². The topological polar surface area (TPSA) is 84.3 Å². The molecule has 0 aliphatic heterocycles. The zero-order valence-corrected chi connectivity index (χ0v) is 17.4. The fourth-order valence-electron chi connectivity index (χ4n) is 2.86. The van der Waals surface area contributed by atoms with Gasteiger partial charge in [0, 0.05) is 19.8 Å². The van der Waals surface area contributed by atoms with Gasteiger partial charge in [-0.25, -0.2) is 12.7 Å². The highest BCUT2D eigenvalue weighted by Crippen LogP contribution is 2.22. The number of unbranched alkanes of at least 4 members (excludes halogenated alkanes) is 1. The van der Waals surface area contributed by atoms with Crippen LogP contribution in [-0.2, 0) is 27.8 Å². The quantitative estimate of drug-likeness (QED) is 0.749. The Balaban J connectivity index is 2.10. The smallest absolute Gasteiger partial charge is 0.246 e. The molecule has 0 atom stereocenters. The van der Waals surface area contributed by atoms with Gasteiger partial charge in [0.2, 0.25) is 15.9 Å². The van der Waals surface area contributed by atoms with Crippen LogP contribution in [0.15, 0.2) is 29.2 Å². The predicted octanol–water partition coefficient (Wildman–Crippen LogP) is 2.73. The van der Waals surface area contributed by atoms with Gasteiger partial charge in [-0.1, -0.05) is 25.5 Å². The minimum absolute atomic E-state index is 0.0484. The molecule has 0 radical (unpaired) electrons. The van der Waals surface area contributed by atoms with Gasteiger partial charge in [0.05, 0.1) is 11.4 Å². The molecule has 0 fully saturated rings. The van der Waals surface area contributed by atoms with Crippen molar-refractivity contribution in [3.05, 3.63) is 41.2 Å². The van der Waals surface area contributed by atoms with Crippen LogP contribution in [0.25, 0.3) is 0 Å². The van der Waals surface area contributed by atoms with Crippen molar-refractivity contribution in [1.82, 2.24) is 14.1 Å². The molecule has 27 heavy (non-hydrogen) atoms. The first-order valence-corrected chi connectivity index (χ1v) is 10.5. The van der Waals surface area contributed by atoms with Crippen molar-refractivity contribution in [1.29, 1.82) is 0 Å². The number of benzene rings is 1. The van der Waals surface area contributed by atoms with Crippen LogP contribution in [0.2, 0.25) is 0 Å². The number of nitrogens with one attached hydrogen (secondary N) is 1. The molecule has 2 rings (SSSR count). The Bertz CT molecular complexity index is 900. The summed E-state index contributed by atoms with van der Waals surface area (Å²) in [5.41, 5.74) is 2.79. The Morgan fingerprint density at radius 3 is 2.37 bits per heavy atom. The number of hydrogen-bond donors (Lipinski definition) is 1. The van der Waals surface area contributed by atoms with E-state index < -0.39 is 10.0 Å². The van der Waals surface area contributed by atoms with E-state index in [4.69, 9.17) is 0 Å². The maximum Gasteiger partial charge on any atom is 0.246 e. The summed E-state index contributed by atoms with van der Waals surface area (Å²) in [5, 5.41) is 7.07. The van der Waals surface area contributed by atoms with E-state index in [1.807, 2.05) is 24.3 Å². The lowest BCUT2D eigenvalue weighted by Crippen LogP contribution is -2.24. The average Bonchev–Trinajstić information content (AvgIpc) is 2.88. The molecule has 0 unspecified atom stereocenters. The summed E-state index contributed by atoms with van der Waals surface area (Å²) in [7, 11) is -0.657. The number of aromatic nitrogens is 2. The SMILES string of the molecule is CCCCc1ccc(NC(=O)Cn2nc(C)c(S(=O)(=O)N(C)C)c2C)cc1. The summed E-state index contributed by atoms with van der Waals surface area (Å²) in [6.07, 6.45) is 3.31. The summed E-state index contributed by atoms with van der Waals surface area (Å²) in [6.45, 7) is 5.40. The van der Waals surface area contributed by atoms with Crippen molar-refractivity contribution in [3.63, 3.8) is 0 Å². The molecule has 1 aromatic carbocycles. The highest BCUT2D eigenvalue weighted by atomic mass is 32.2. The van der Waals surface area contributed by atoms with E-state index in [0.29, 0.717) is 17.1 Å². The summed E-state index contributed by atoms with van der Waals surface area (Å²) < 4.78 is 27.5. The highest BCUT2D eigenvalue weighted by molar-refractivity contribution is 7.89. The molecule has 0 bridgehead atoms. The normalized spacial score (nSPS) is 11.8. The van der Waals surface area contributed by atoms with Crippen LogP contribution in [0, 0.1) is 13.8 Å². The number of anilines is 1. The van der Waals surface area contributed by atoms with Crippen molar-refractivity contribution in [2.75, 3.05) is 19.4 Å². The number of carbonyl (C=O) groups is 1. The van der Waals surface area contributed by atoms with Gasteiger partial charge in [-0.15, -0.1) is 0 Å². The van der Waals surface area contributed by atoms with E-state index in [1.54, 1.807) is 13.8 Å². The van der Waals surface area contributed by atoms with Crippen molar-refractivity contribution in [2.45, 2.75) is 51.5 Å². The molecule has 7 nitrogen and oxygen atoms in total. The van der Waals surface area contributed by atoms with Crippen molar-refractivity contribution < 1.29 is 13.2 Å². The second-order valence-corrected chi connectivity index (χ2v) is 8.88. The zero-order chi connectivity index (χ0) is 20.2. The molecule has 1 heterocycles. The van der Waals surface area contributed by atoms with E-state index in [0.717, 1.165) is 23.6 Å². The Hall–Kier alpha value is -2.19. The van der Waals surface area contributed by atoms with Crippen LogP contribution in [0.4, 0.5) is 5.69 Å². The van der Waals surface area contributed by atoms with Crippen LogP contribution >= 0.6 is 0 Å². The average molecular weight is 393 g/mol. The van der Waals surface area contributed by atoms with E-state index in [-0.39, 0.29) is 17.3 Å². The summed E-state index contributed by atoms with van der Waals surface area (Å²) in [5.74, 6) is -0.254. The molecule has 0 saturated heterocycles. The monoisotopic (exact) mass is 392 g/mol. The molecule has 1 N–H and O–H groups in total. The minimum atomic E-state index is -3.61. The standard InChI is InChI=1S/C19H28N4O3S/c1-6-7-8-16-9-11-17(12-10-16)20-18(24)13-23-15(3)19(14(2)21-23)27(25,26)22(4)5/h9-12H,6-8,13H2,1-5H3,(H,20,24). The first kappa shape index (κ1) is 21.1. The fraction of sp³-hybridized carbons (Fsp3) is 0.474. The fourth-order valence-corrected chi connectivity index (χ4v) is 4.12. The molecular weight excluding hydrogens is 364 g/mol. The van der Waals surface area contributed by atoms with Crippen LogP contribution in [0.1, 0.15) is 36.7 Å². The Labute approximate surface area is 161 Å². The number of rotatable bonds is 8. The van der Waals surface area contributed by atoms with E-state index in [1.165, 1.54) is 24.3 Å². The maximum absolute atomic E-state index is 12.4. The molecule has 2 aromatic rings. The highest BCUT2D eigenvalue weighted by Gasteiger charge is 2.27. The first-order valence-electron chi connectivity index (χ1n) is 9.02. The van der Waals surface area contributed by atoms with E-state index in [9.17, 15) is 13.2 Å². The second kappa shape index (κ2) is 8.67. The Morgan fingerprint density at radius 1 is 1.19 bits per heavy atom. The third kappa shape index (κ3) is 4.95. The lowest BCUT2D eigenvalue weighted by atomic mass is 10.1. The Morgan fingerprint density at radius 2 is 1.81 bits per heavy atom. The van der Waals surface area contributed by atoms with Crippen molar-refractivity contribution >= 4 is 21.6 Å². The van der Waals surface area contributed by atoms with Gasteiger partial charge in [0.1, 0.15) is 11.4 Å². The molecule has 148 valence electrons. The van der Waals surface area contributed by atoms with Crippen LogP contribution in [0.3, 0.4) is 0 Å². The van der Waals surface area contributed by atoms with Gasteiger partial charge in [-0.3, -0.25) is 9.48 Å². The van der Waals surface area contributed by atoms with E-state index in [2.05, 4.69) is 17.3 Å². The molecule has 0 spiro atoms. The second-order valence-electron chi connectivity index (χ2n) is 6.79. The van der Waals surface area contributed by atoms with Crippen molar-refractivity contribution in [2.24, 2.45) is 0 Å². The molecule has 1 aromatic heterocycles. The third-order valence-corrected chi connectivity index (χ3v) is 6.47. The molecule has 8 heteroatoms. The van der Waals surface area contributed by atoms with Crippen LogP contribution < -0.4 is 5.32 Å². The number of aryl methyl sites for hydroxylation is 2. The minimum Gasteiger partial charge on any atom is -0.324 e. The van der Waals surface area contributed by atoms with Gasteiger partial charge < -0.3 is 5.32 Å². The van der Waals surface area contributed by atoms with Gasteiger partial charge in [-0.2, -0.15) is 5.10 Å². The largest absolute Gasteiger partial charge is 0.324 e. The Kier molecular flexibility index (Phi) is 6.78. The lowest BCUT2D eigenvalue weighted by Gasteiger charge is -2.12. The molecule has 0 aliphatic carbocycles. The number of amides is 1. The first-order chi connectivity index (χ1) is 12.7. The zero-order valence-electron chi connectivity index (χ0n) is 16.6. The summed E-state index contributed by atoms with van der Waals surface area (Å²) >= 11 is 0.